The molecule has 21 heavy (non-hydrogen) atoms. The number of carbonyl (C=O) groups is 1. The van der Waals surface area contributed by atoms with Crippen molar-refractivity contribution >= 4 is 5.97 Å². The van der Waals surface area contributed by atoms with E-state index < -0.39 is 5.97 Å². The largest absolute Gasteiger partial charge is 0.478 e. The van der Waals surface area contributed by atoms with E-state index in [0.717, 1.165) is 16.8 Å². The van der Waals surface area contributed by atoms with Gasteiger partial charge in [-0.1, -0.05) is 17.3 Å². The lowest BCUT2D eigenvalue weighted by atomic mass is 10.1. The summed E-state index contributed by atoms with van der Waals surface area (Å²) < 4.78 is 1.71. The first kappa shape index (κ1) is 13.0. The third-order valence-electron chi connectivity index (χ3n) is 3.04. The van der Waals surface area contributed by atoms with Crippen LogP contribution in [0, 0.1) is 0 Å². The van der Waals surface area contributed by atoms with Gasteiger partial charge in [0.1, 0.15) is 5.69 Å². The zero-order valence-corrected chi connectivity index (χ0v) is 11.0. The first-order valence-electron chi connectivity index (χ1n) is 6.35. The molecule has 0 saturated heterocycles. The van der Waals surface area contributed by atoms with Crippen molar-refractivity contribution in [3.63, 3.8) is 0 Å². The van der Waals surface area contributed by atoms with Crippen LogP contribution in [0.3, 0.4) is 0 Å². The summed E-state index contributed by atoms with van der Waals surface area (Å²) in [5.41, 5.74) is 2.89. The SMILES string of the molecule is O=C(O)c1ccc(Cn2cc(-c3cccnc3)nn2)cc1. The number of rotatable bonds is 4. The number of carboxylic acid groups (broad SMARTS) is 1. The summed E-state index contributed by atoms with van der Waals surface area (Å²) in [6.07, 6.45) is 5.27. The van der Waals surface area contributed by atoms with Crippen molar-refractivity contribution in [3.05, 3.63) is 66.1 Å². The van der Waals surface area contributed by atoms with Crippen LogP contribution in [0.1, 0.15) is 15.9 Å². The smallest absolute Gasteiger partial charge is 0.335 e. The molecule has 1 N–H and O–H groups in total. The summed E-state index contributed by atoms with van der Waals surface area (Å²) >= 11 is 0. The maximum atomic E-state index is 10.8. The standard InChI is InChI=1S/C15H12N4O2/c20-15(21)12-5-3-11(4-6-12)9-19-10-14(17-18-19)13-2-1-7-16-8-13/h1-8,10H,9H2,(H,20,21). The Morgan fingerprint density at radius 2 is 2.00 bits per heavy atom. The first-order chi connectivity index (χ1) is 10.2. The van der Waals surface area contributed by atoms with Gasteiger partial charge in [0.15, 0.2) is 0 Å². The summed E-state index contributed by atoms with van der Waals surface area (Å²) in [4.78, 5) is 14.8. The zero-order chi connectivity index (χ0) is 14.7. The van der Waals surface area contributed by atoms with E-state index in [1.807, 2.05) is 18.3 Å². The van der Waals surface area contributed by atoms with Gasteiger partial charge in [-0.3, -0.25) is 4.98 Å². The predicted octanol–water partition coefficient (Wildman–Crippen LogP) is 2.09. The maximum Gasteiger partial charge on any atom is 0.335 e. The minimum absolute atomic E-state index is 0.272. The number of hydrogen-bond acceptors (Lipinski definition) is 4. The van der Waals surface area contributed by atoms with Gasteiger partial charge in [-0.15, -0.1) is 5.10 Å². The van der Waals surface area contributed by atoms with Crippen molar-refractivity contribution in [1.29, 1.82) is 0 Å². The quantitative estimate of drug-likeness (QED) is 0.791. The normalized spacial score (nSPS) is 10.5. The molecule has 0 fully saturated rings. The molecule has 1 aromatic carbocycles. The maximum absolute atomic E-state index is 10.8. The number of aromatic carboxylic acids is 1. The number of hydrogen-bond donors (Lipinski definition) is 1. The van der Waals surface area contributed by atoms with E-state index in [0.29, 0.717) is 6.54 Å². The van der Waals surface area contributed by atoms with Gasteiger partial charge >= 0.3 is 5.97 Å². The second kappa shape index (κ2) is 5.54. The predicted molar refractivity (Wildman–Crippen MR) is 75.8 cm³/mol. The monoisotopic (exact) mass is 280 g/mol. The van der Waals surface area contributed by atoms with Gasteiger partial charge in [0.2, 0.25) is 0 Å². The third kappa shape index (κ3) is 2.94. The average molecular weight is 280 g/mol. The molecule has 6 nitrogen and oxygen atoms in total. The van der Waals surface area contributed by atoms with Gasteiger partial charge in [-0.2, -0.15) is 0 Å². The highest BCUT2D eigenvalue weighted by atomic mass is 16.4. The Morgan fingerprint density at radius 3 is 2.67 bits per heavy atom. The molecule has 0 radical (unpaired) electrons. The minimum Gasteiger partial charge on any atom is -0.478 e. The second-order valence-corrected chi connectivity index (χ2v) is 4.55. The lowest BCUT2D eigenvalue weighted by Gasteiger charge is -2.01. The summed E-state index contributed by atoms with van der Waals surface area (Å²) in [6, 6.07) is 10.5. The van der Waals surface area contributed by atoms with Crippen molar-refractivity contribution < 1.29 is 9.90 Å². The zero-order valence-electron chi connectivity index (χ0n) is 11.0. The van der Waals surface area contributed by atoms with Gasteiger partial charge in [0, 0.05) is 18.0 Å². The number of nitrogens with zero attached hydrogens (tertiary/aromatic N) is 4. The fourth-order valence-electron chi connectivity index (χ4n) is 1.96. The Hall–Kier alpha value is -3.02. The summed E-state index contributed by atoms with van der Waals surface area (Å²) in [5, 5.41) is 17.0. The Balaban J connectivity index is 1.77. The topological polar surface area (TPSA) is 80.9 Å². The molecule has 104 valence electrons. The Bertz CT molecular complexity index is 751. The molecule has 0 unspecified atom stereocenters. The van der Waals surface area contributed by atoms with Crippen molar-refractivity contribution in [2.75, 3.05) is 0 Å². The molecular weight excluding hydrogens is 268 g/mol. The van der Waals surface area contributed by atoms with Gasteiger partial charge in [0.05, 0.1) is 18.3 Å². The van der Waals surface area contributed by atoms with Crippen LogP contribution in [0.5, 0.6) is 0 Å². The lowest BCUT2D eigenvalue weighted by Crippen LogP contribution is -2.01. The van der Waals surface area contributed by atoms with Gasteiger partial charge in [-0.25, -0.2) is 9.48 Å². The Morgan fingerprint density at radius 1 is 1.19 bits per heavy atom. The molecule has 0 bridgehead atoms. The number of carboxylic acids is 1. The van der Waals surface area contributed by atoms with Crippen LogP contribution in [0.2, 0.25) is 0 Å². The van der Waals surface area contributed by atoms with Crippen LogP contribution in [-0.2, 0) is 6.54 Å². The van der Waals surface area contributed by atoms with E-state index in [-0.39, 0.29) is 5.56 Å². The first-order valence-corrected chi connectivity index (χ1v) is 6.35. The van der Waals surface area contributed by atoms with Crippen LogP contribution in [0.15, 0.2) is 55.0 Å². The molecule has 3 rings (SSSR count). The van der Waals surface area contributed by atoms with Crippen LogP contribution in [-0.4, -0.2) is 31.1 Å². The van der Waals surface area contributed by atoms with Crippen molar-refractivity contribution in [2.24, 2.45) is 0 Å². The van der Waals surface area contributed by atoms with Crippen molar-refractivity contribution in [2.45, 2.75) is 6.54 Å². The molecule has 0 amide bonds. The second-order valence-electron chi connectivity index (χ2n) is 4.55. The molecule has 2 aromatic heterocycles. The molecule has 3 aromatic rings. The van der Waals surface area contributed by atoms with E-state index in [1.165, 1.54) is 0 Å². The van der Waals surface area contributed by atoms with E-state index in [1.54, 1.807) is 41.3 Å². The molecule has 2 heterocycles. The van der Waals surface area contributed by atoms with Gasteiger partial charge in [0.25, 0.3) is 0 Å². The summed E-state index contributed by atoms with van der Waals surface area (Å²) in [5.74, 6) is -0.929. The van der Waals surface area contributed by atoms with E-state index in [4.69, 9.17) is 5.11 Å². The molecule has 0 spiro atoms. The molecule has 0 atom stereocenters. The highest BCUT2D eigenvalue weighted by Crippen LogP contribution is 2.14. The summed E-state index contributed by atoms with van der Waals surface area (Å²) in [6.45, 7) is 0.535. The number of benzene rings is 1. The van der Waals surface area contributed by atoms with Gasteiger partial charge < -0.3 is 5.11 Å². The minimum atomic E-state index is -0.929. The highest BCUT2D eigenvalue weighted by molar-refractivity contribution is 5.87. The van der Waals surface area contributed by atoms with E-state index in [9.17, 15) is 4.79 Å². The van der Waals surface area contributed by atoms with Crippen LogP contribution < -0.4 is 0 Å². The molecule has 0 aliphatic heterocycles. The fraction of sp³-hybridized carbons (Fsp3) is 0.0667. The molecule has 0 aliphatic carbocycles. The van der Waals surface area contributed by atoms with Crippen molar-refractivity contribution in [1.82, 2.24) is 20.0 Å². The van der Waals surface area contributed by atoms with Crippen LogP contribution >= 0.6 is 0 Å². The molecule has 6 heteroatoms. The van der Waals surface area contributed by atoms with Crippen LogP contribution in [0.25, 0.3) is 11.3 Å². The molecular formula is C15H12N4O2. The van der Waals surface area contributed by atoms with Crippen LogP contribution in [0.4, 0.5) is 0 Å². The Kier molecular flexibility index (Phi) is 3.42. The summed E-state index contributed by atoms with van der Waals surface area (Å²) in [7, 11) is 0. The molecule has 0 aliphatic rings. The molecule has 0 saturated carbocycles. The fourth-order valence-corrected chi connectivity index (χ4v) is 1.96. The Labute approximate surface area is 120 Å². The van der Waals surface area contributed by atoms with E-state index in [2.05, 4.69) is 15.3 Å². The lowest BCUT2D eigenvalue weighted by molar-refractivity contribution is 0.0697. The average Bonchev–Trinajstić information content (AvgIpc) is 2.97. The third-order valence-corrected chi connectivity index (χ3v) is 3.04. The number of pyridine rings is 1. The number of aromatic nitrogens is 4. The van der Waals surface area contributed by atoms with Gasteiger partial charge in [-0.05, 0) is 29.8 Å². The van der Waals surface area contributed by atoms with E-state index >= 15 is 0 Å². The van der Waals surface area contributed by atoms with Crippen molar-refractivity contribution in [3.8, 4) is 11.3 Å². The highest BCUT2D eigenvalue weighted by Gasteiger charge is 2.05.